The van der Waals surface area contributed by atoms with Crippen molar-refractivity contribution < 1.29 is 23.0 Å². The van der Waals surface area contributed by atoms with E-state index in [0.717, 1.165) is 5.56 Å². The molecule has 0 saturated heterocycles. The lowest BCUT2D eigenvalue weighted by molar-refractivity contribution is -0.274. The summed E-state index contributed by atoms with van der Waals surface area (Å²) in [5.41, 5.74) is 1.53. The molecule has 1 unspecified atom stereocenters. The van der Waals surface area contributed by atoms with Crippen LogP contribution >= 0.6 is 24.0 Å². The van der Waals surface area contributed by atoms with E-state index >= 15 is 0 Å². The van der Waals surface area contributed by atoms with Crippen LogP contribution in [0.15, 0.2) is 59.6 Å². The summed E-state index contributed by atoms with van der Waals surface area (Å²) in [6.07, 6.45) is -5.65. The first-order valence-corrected chi connectivity index (χ1v) is 8.28. The average molecular weight is 509 g/mol. The molecule has 2 N–H and O–H groups in total. The summed E-state index contributed by atoms with van der Waals surface area (Å²) in [4.78, 5) is 6.28. The Kier molecular flexibility index (Phi) is 9.53. The van der Waals surface area contributed by atoms with Crippen LogP contribution in [0.3, 0.4) is 0 Å². The molecule has 0 heterocycles. The number of rotatable bonds is 6. The summed E-state index contributed by atoms with van der Waals surface area (Å²) in [7, 11) is 3.65. The lowest BCUT2D eigenvalue weighted by Crippen LogP contribution is -2.38. The minimum absolute atomic E-state index is 0. The van der Waals surface area contributed by atoms with Crippen molar-refractivity contribution >= 4 is 29.9 Å². The number of hydrogen-bond acceptors (Lipinski definition) is 3. The van der Waals surface area contributed by atoms with Crippen molar-refractivity contribution in [3.05, 3.63) is 65.7 Å². The number of aliphatic hydroxyl groups is 1. The van der Waals surface area contributed by atoms with Crippen LogP contribution in [0.4, 0.5) is 13.2 Å². The van der Waals surface area contributed by atoms with Gasteiger partial charge in [-0.25, -0.2) is 4.99 Å². The van der Waals surface area contributed by atoms with Gasteiger partial charge in [-0.05, 0) is 23.3 Å². The van der Waals surface area contributed by atoms with Crippen molar-refractivity contribution in [1.82, 2.24) is 10.2 Å². The molecule has 2 aromatic carbocycles. The van der Waals surface area contributed by atoms with E-state index in [1.165, 1.54) is 24.3 Å². The fraction of sp³-hybridized carbons (Fsp3) is 0.316. The molecule has 0 radical (unpaired) electrons. The maximum atomic E-state index is 12.2. The largest absolute Gasteiger partial charge is 0.573 e. The molecular formula is C19H23F3IN3O2. The van der Waals surface area contributed by atoms with Crippen molar-refractivity contribution in [2.45, 2.75) is 19.0 Å². The summed E-state index contributed by atoms with van der Waals surface area (Å²) >= 11 is 0. The van der Waals surface area contributed by atoms with Crippen LogP contribution in [0.25, 0.3) is 0 Å². The first-order valence-electron chi connectivity index (χ1n) is 8.28. The third-order valence-electron chi connectivity index (χ3n) is 3.63. The molecule has 0 saturated carbocycles. The SMILES string of the molecule is CN(C)C(=NCc1ccccc1)NCC(O)c1ccc(OC(F)(F)F)cc1.I. The van der Waals surface area contributed by atoms with Crippen LogP contribution in [-0.2, 0) is 6.54 Å². The van der Waals surface area contributed by atoms with Gasteiger partial charge in [-0.3, -0.25) is 0 Å². The summed E-state index contributed by atoms with van der Waals surface area (Å²) in [6.45, 7) is 0.645. The standard InChI is InChI=1S/C19H22F3N3O2.HI/c1-25(2)18(23-12-14-6-4-3-5-7-14)24-13-17(26)15-8-10-16(11-9-15)27-19(20,21)22;/h3-11,17,26H,12-13H2,1-2H3,(H,23,24);1H. The van der Waals surface area contributed by atoms with Crippen molar-refractivity contribution in [3.8, 4) is 5.75 Å². The molecule has 0 aliphatic rings. The Balaban J connectivity index is 0.00000392. The number of aliphatic imine (C=N–C) groups is 1. The van der Waals surface area contributed by atoms with E-state index in [4.69, 9.17) is 0 Å². The predicted octanol–water partition coefficient (Wildman–Crippen LogP) is 3.94. The molecule has 0 fully saturated rings. The number of ether oxygens (including phenoxy) is 1. The van der Waals surface area contributed by atoms with Crippen molar-refractivity contribution in [1.29, 1.82) is 0 Å². The van der Waals surface area contributed by atoms with Gasteiger partial charge in [0.25, 0.3) is 0 Å². The number of nitrogens with zero attached hydrogens (tertiary/aromatic N) is 2. The third kappa shape index (κ3) is 8.34. The maximum absolute atomic E-state index is 12.2. The molecule has 28 heavy (non-hydrogen) atoms. The Labute approximate surface area is 179 Å². The topological polar surface area (TPSA) is 57.1 Å². The van der Waals surface area contributed by atoms with Crippen molar-refractivity contribution in [2.75, 3.05) is 20.6 Å². The minimum atomic E-state index is -4.74. The molecule has 154 valence electrons. The first-order chi connectivity index (χ1) is 12.7. The molecule has 9 heteroatoms. The van der Waals surface area contributed by atoms with Gasteiger partial charge in [0.2, 0.25) is 0 Å². The van der Waals surface area contributed by atoms with Crippen LogP contribution in [0, 0.1) is 0 Å². The smallest absolute Gasteiger partial charge is 0.406 e. The van der Waals surface area contributed by atoms with Gasteiger partial charge in [0, 0.05) is 20.6 Å². The number of aliphatic hydroxyl groups excluding tert-OH is 1. The lowest BCUT2D eigenvalue weighted by atomic mass is 10.1. The second-order valence-corrected chi connectivity index (χ2v) is 6.03. The van der Waals surface area contributed by atoms with Gasteiger partial charge in [-0.2, -0.15) is 0 Å². The zero-order valence-electron chi connectivity index (χ0n) is 15.5. The van der Waals surface area contributed by atoms with Crippen LogP contribution in [0.2, 0.25) is 0 Å². The molecule has 2 rings (SSSR count). The zero-order chi connectivity index (χ0) is 19.9. The summed E-state index contributed by atoms with van der Waals surface area (Å²) in [6, 6.07) is 14.9. The fourth-order valence-electron chi connectivity index (χ4n) is 2.30. The predicted molar refractivity (Wildman–Crippen MR) is 113 cm³/mol. The van der Waals surface area contributed by atoms with E-state index in [2.05, 4.69) is 15.0 Å². The van der Waals surface area contributed by atoms with Crippen LogP contribution < -0.4 is 10.1 Å². The number of benzene rings is 2. The average Bonchev–Trinajstić information content (AvgIpc) is 2.61. The number of guanidine groups is 1. The molecule has 0 amide bonds. The highest BCUT2D eigenvalue weighted by Gasteiger charge is 2.31. The first kappa shape index (κ1) is 24.0. The summed E-state index contributed by atoms with van der Waals surface area (Å²) in [5.74, 6) is 0.264. The van der Waals surface area contributed by atoms with Gasteiger partial charge in [0.1, 0.15) is 5.75 Å². The minimum Gasteiger partial charge on any atom is -0.406 e. The zero-order valence-corrected chi connectivity index (χ0v) is 17.8. The van der Waals surface area contributed by atoms with Crippen LogP contribution in [-0.4, -0.2) is 43.0 Å². The van der Waals surface area contributed by atoms with E-state index in [0.29, 0.717) is 18.1 Å². The Morgan fingerprint density at radius 1 is 1.11 bits per heavy atom. The van der Waals surface area contributed by atoms with Gasteiger partial charge < -0.3 is 20.1 Å². The molecule has 0 bridgehead atoms. The molecule has 1 atom stereocenters. The number of halogens is 4. The highest BCUT2D eigenvalue weighted by molar-refractivity contribution is 14.0. The molecule has 0 aliphatic carbocycles. The highest BCUT2D eigenvalue weighted by atomic mass is 127. The normalized spacial score (nSPS) is 12.7. The second-order valence-electron chi connectivity index (χ2n) is 6.03. The molecule has 0 aliphatic heterocycles. The number of hydrogen-bond donors (Lipinski definition) is 2. The quantitative estimate of drug-likeness (QED) is 0.352. The van der Waals surface area contributed by atoms with Gasteiger partial charge >= 0.3 is 6.36 Å². The molecule has 5 nitrogen and oxygen atoms in total. The van der Waals surface area contributed by atoms with Gasteiger partial charge in [0.15, 0.2) is 5.96 Å². The number of alkyl halides is 3. The van der Waals surface area contributed by atoms with Crippen LogP contribution in [0.1, 0.15) is 17.2 Å². The Hall–Kier alpha value is -2.01. The number of nitrogens with one attached hydrogen (secondary N) is 1. The van der Waals surface area contributed by atoms with E-state index in [1.54, 1.807) is 4.90 Å². The van der Waals surface area contributed by atoms with Crippen LogP contribution in [0.5, 0.6) is 5.75 Å². The summed E-state index contributed by atoms with van der Waals surface area (Å²) < 4.78 is 40.4. The second kappa shape index (κ2) is 11.1. The Bertz CT molecular complexity index is 738. The lowest BCUT2D eigenvalue weighted by Gasteiger charge is -2.20. The Morgan fingerprint density at radius 3 is 2.25 bits per heavy atom. The van der Waals surface area contributed by atoms with Gasteiger partial charge in [0.05, 0.1) is 12.6 Å². The van der Waals surface area contributed by atoms with Gasteiger partial charge in [-0.15, -0.1) is 37.1 Å². The monoisotopic (exact) mass is 509 g/mol. The van der Waals surface area contributed by atoms with Gasteiger partial charge in [-0.1, -0.05) is 42.5 Å². The van der Waals surface area contributed by atoms with E-state index in [9.17, 15) is 18.3 Å². The van der Waals surface area contributed by atoms with Crippen molar-refractivity contribution in [3.63, 3.8) is 0 Å². The van der Waals surface area contributed by atoms with E-state index in [-0.39, 0.29) is 36.3 Å². The molecule has 2 aromatic rings. The molecule has 0 aromatic heterocycles. The van der Waals surface area contributed by atoms with E-state index in [1.807, 2.05) is 44.4 Å². The summed E-state index contributed by atoms with van der Waals surface area (Å²) in [5, 5.41) is 13.3. The van der Waals surface area contributed by atoms with Crippen molar-refractivity contribution in [2.24, 2.45) is 4.99 Å². The van der Waals surface area contributed by atoms with E-state index < -0.39 is 12.5 Å². The fourth-order valence-corrected chi connectivity index (χ4v) is 2.30. The third-order valence-corrected chi connectivity index (χ3v) is 3.63. The molecular weight excluding hydrogens is 486 g/mol. The highest BCUT2D eigenvalue weighted by Crippen LogP contribution is 2.24. The maximum Gasteiger partial charge on any atom is 0.573 e. The molecule has 0 spiro atoms. The Morgan fingerprint density at radius 2 is 1.71 bits per heavy atom.